The van der Waals surface area contributed by atoms with Crippen molar-refractivity contribution in [2.75, 3.05) is 57.3 Å². The fraction of sp³-hybridized carbons (Fsp3) is 0.450. The van der Waals surface area contributed by atoms with E-state index in [1.165, 1.54) is 19.1 Å². The second-order valence-electron chi connectivity index (χ2n) is 6.85. The average Bonchev–Trinajstić information content (AvgIpc) is 3.03. The van der Waals surface area contributed by atoms with Crippen molar-refractivity contribution in [3.05, 3.63) is 35.0 Å². The lowest BCUT2D eigenvalue weighted by Gasteiger charge is -2.30. The molecule has 2 aliphatic rings. The van der Waals surface area contributed by atoms with E-state index in [-0.39, 0.29) is 49.4 Å². The number of carbonyl (C=O) groups is 3. The Labute approximate surface area is 168 Å². The van der Waals surface area contributed by atoms with Gasteiger partial charge in [-0.3, -0.25) is 9.59 Å². The Morgan fingerprint density at radius 3 is 2.76 bits per heavy atom. The number of methoxy groups -OCH3 is 2. The third-order valence-corrected chi connectivity index (χ3v) is 5.00. The van der Waals surface area contributed by atoms with E-state index in [4.69, 9.17) is 14.6 Å². The van der Waals surface area contributed by atoms with Crippen LogP contribution >= 0.6 is 0 Å². The van der Waals surface area contributed by atoms with Gasteiger partial charge in [0.15, 0.2) is 0 Å². The van der Waals surface area contributed by atoms with Gasteiger partial charge in [0, 0.05) is 31.6 Å². The number of aliphatic hydroxyl groups is 1. The van der Waals surface area contributed by atoms with Gasteiger partial charge < -0.3 is 29.7 Å². The Kier molecular flexibility index (Phi) is 6.50. The van der Waals surface area contributed by atoms with Crippen LogP contribution in [0.5, 0.6) is 0 Å². The van der Waals surface area contributed by atoms with Gasteiger partial charge in [0.05, 0.1) is 25.8 Å². The number of nitrogens with one attached hydrogen (secondary N) is 1. The standard InChI is InChI=1S/C20H25N3O6/c1-28-12-17(25)23-7-3-4-13-5-6-14(10-16(13)23)21-18-15(20(27)29-2)11-22(8-9-24)19(18)26/h5-6,10,21,24H,3-4,7-9,11-12H2,1-2H3. The molecule has 156 valence electrons. The molecule has 0 bridgehead atoms. The Balaban J connectivity index is 1.91. The predicted molar refractivity (Wildman–Crippen MR) is 105 cm³/mol. The molecule has 1 aromatic carbocycles. The number of fused-ring (bicyclic) bond motifs is 1. The smallest absolute Gasteiger partial charge is 0.337 e. The molecular formula is C20H25N3O6. The van der Waals surface area contributed by atoms with Gasteiger partial charge in [0.1, 0.15) is 12.3 Å². The van der Waals surface area contributed by atoms with Crippen LogP contribution in [0.15, 0.2) is 29.5 Å². The highest BCUT2D eigenvalue weighted by Gasteiger charge is 2.34. The van der Waals surface area contributed by atoms with Crippen LogP contribution in [-0.4, -0.2) is 74.9 Å². The van der Waals surface area contributed by atoms with Gasteiger partial charge in [-0.15, -0.1) is 0 Å². The van der Waals surface area contributed by atoms with Crippen LogP contribution < -0.4 is 10.2 Å². The van der Waals surface area contributed by atoms with Crippen molar-refractivity contribution in [2.24, 2.45) is 0 Å². The zero-order chi connectivity index (χ0) is 21.0. The van der Waals surface area contributed by atoms with Gasteiger partial charge in [0.2, 0.25) is 0 Å². The molecule has 2 aliphatic heterocycles. The molecule has 0 atom stereocenters. The maximum atomic E-state index is 12.7. The van der Waals surface area contributed by atoms with Gasteiger partial charge in [0.25, 0.3) is 11.8 Å². The summed E-state index contributed by atoms with van der Waals surface area (Å²) in [5, 5.41) is 12.2. The van der Waals surface area contributed by atoms with Gasteiger partial charge in [-0.25, -0.2) is 4.79 Å². The molecule has 29 heavy (non-hydrogen) atoms. The average molecular weight is 403 g/mol. The van der Waals surface area contributed by atoms with Crippen LogP contribution in [0.4, 0.5) is 11.4 Å². The number of hydrogen-bond donors (Lipinski definition) is 2. The fourth-order valence-corrected chi connectivity index (χ4v) is 3.61. The molecular weight excluding hydrogens is 378 g/mol. The maximum absolute atomic E-state index is 12.7. The lowest BCUT2D eigenvalue weighted by Crippen LogP contribution is -2.37. The van der Waals surface area contributed by atoms with Crippen LogP contribution in [0.1, 0.15) is 12.0 Å². The normalized spacial score (nSPS) is 16.2. The fourth-order valence-electron chi connectivity index (χ4n) is 3.61. The number of anilines is 2. The van der Waals surface area contributed by atoms with Gasteiger partial charge in [-0.05, 0) is 30.5 Å². The zero-order valence-corrected chi connectivity index (χ0v) is 16.6. The number of esters is 1. The maximum Gasteiger partial charge on any atom is 0.337 e. The van der Waals surface area contributed by atoms with E-state index in [0.717, 1.165) is 24.1 Å². The summed E-state index contributed by atoms with van der Waals surface area (Å²) < 4.78 is 9.77. The molecule has 2 N–H and O–H groups in total. The molecule has 0 radical (unpaired) electrons. The second kappa shape index (κ2) is 9.06. The number of carbonyl (C=O) groups excluding carboxylic acids is 3. The molecule has 0 spiro atoms. The first-order chi connectivity index (χ1) is 14.0. The van der Waals surface area contributed by atoms with Gasteiger partial charge >= 0.3 is 5.97 Å². The van der Waals surface area contributed by atoms with Crippen LogP contribution in [0.2, 0.25) is 0 Å². The number of amides is 2. The molecule has 3 rings (SSSR count). The lowest BCUT2D eigenvalue weighted by molar-refractivity contribution is -0.136. The minimum Gasteiger partial charge on any atom is -0.466 e. The molecule has 0 saturated carbocycles. The summed E-state index contributed by atoms with van der Waals surface area (Å²) in [6, 6.07) is 5.52. The lowest BCUT2D eigenvalue weighted by atomic mass is 10.0. The highest BCUT2D eigenvalue weighted by atomic mass is 16.5. The third-order valence-electron chi connectivity index (χ3n) is 5.00. The number of hydrogen-bond acceptors (Lipinski definition) is 7. The van der Waals surface area contributed by atoms with Crippen molar-refractivity contribution in [2.45, 2.75) is 12.8 Å². The highest BCUT2D eigenvalue weighted by molar-refractivity contribution is 6.08. The summed E-state index contributed by atoms with van der Waals surface area (Å²) in [7, 11) is 2.73. The van der Waals surface area contributed by atoms with E-state index >= 15 is 0 Å². The third kappa shape index (κ3) is 4.25. The predicted octanol–water partition coefficient (Wildman–Crippen LogP) is 0.286. The van der Waals surface area contributed by atoms with Crippen LogP contribution in [0.3, 0.4) is 0 Å². The molecule has 9 nitrogen and oxygen atoms in total. The molecule has 0 unspecified atom stereocenters. The largest absolute Gasteiger partial charge is 0.466 e. The number of benzene rings is 1. The van der Waals surface area contributed by atoms with E-state index in [1.54, 1.807) is 11.0 Å². The minimum absolute atomic E-state index is 0.0106. The van der Waals surface area contributed by atoms with E-state index < -0.39 is 5.97 Å². The molecule has 0 saturated heterocycles. The molecule has 2 heterocycles. The highest BCUT2D eigenvalue weighted by Crippen LogP contribution is 2.32. The Bertz CT molecular complexity index is 851. The quantitative estimate of drug-likeness (QED) is 0.630. The molecule has 9 heteroatoms. The van der Waals surface area contributed by atoms with Crippen molar-refractivity contribution < 1.29 is 29.0 Å². The summed E-state index contributed by atoms with van der Waals surface area (Å²) in [6.07, 6.45) is 1.72. The second-order valence-corrected chi connectivity index (χ2v) is 6.85. The Hall–Kier alpha value is -2.91. The first-order valence-electron chi connectivity index (χ1n) is 9.41. The van der Waals surface area contributed by atoms with Crippen LogP contribution in [0, 0.1) is 0 Å². The monoisotopic (exact) mass is 403 g/mol. The van der Waals surface area contributed by atoms with Gasteiger partial charge in [-0.1, -0.05) is 6.07 Å². The van der Waals surface area contributed by atoms with E-state index in [2.05, 4.69) is 5.32 Å². The van der Waals surface area contributed by atoms with Crippen LogP contribution in [0.25, 0.3) is 0 Å². The van der Waals surface area contributed by atoms with Crippen molar-refractivity contribution >= 4 is 29.2 Å². The van der Waals surface area contributed by atoms with Crippen molar-refractivity contribution in [3.8, 4) is 0 Å². The summed E-state index contributed by atoms with van der Waals surface area (Å²) in [5.74, 6) is -1.12. The molecule has 0 aromatic heterocycles. The number of nitrogens with zero attached hydrogens (tertiary/aromatic N) is 2. The number of ether oxygens (including phenoxy) is 2. The van der Waals surface area contributed by atoms with E-state index in [9.17, 15) is 14.4 Å². The first kappa shape index (κ1) is 20.8. The topological polar surface area (TPSA) is 108 Å². The van der Waals surface area contributed by atoms with Gasteiger partial charge in [-0.2, -0.15) is 0 Å². The summed E-state index contributed by atoms with van der Waals surface area (Å²) in [6.45, 7) is 0.565. The zero-order valence-electron chi connectivity index (χ0n) is 16.6. The molecule has 2 amide bonds. The minimum atomic E-state index is -0.601. The molecule has 0 aliphatic carbocycles. The number of β-amino-alcohol motifs (C(OH)–C–C–N with tert-alkyl or cyclic N) is 1. The number of aliphatic hydroxyl groups excluding tert-OH is 1. The SMILES string of the molecule is COCC(=O)N1CCCc2ccc(NC3=C(C(=O)OC)CN(CCO)C3=O)cc21. The van der Waals surface area contributed by atoms with E-state index in [1.807, 2.05) is 12.1 Å². The molecule has 0 fully saturated rings. The summed E-state index contributed by atoms with van der Waals surface area (Å²) in [5.41, 5.74) is 2.71. The Morgan fingerprint density at radius 2 is 2.07 bits per heavy atom. The summed E-state index contributed by atoms with van der Waals surface area (Å²) >= 11 is 0. The van der Waals surface area contributed by atoms with Crippen LogP contribution in [-0.2, 0) is 30.3 Å². The summed E-state index contributed by atoms with van der Waals surface area (Å²) in [4.78, 5) is 40.3. The molecule has 1 aromatic rings. The first-order valence-corrected chi connectivity index (χ1v) is 9.41. The van der Waals surface area contributed by atoms with Crippen molar-refractivity contribution in [3.63, 3.8) is 0 Å². The van der Waals surface area contributed by atoms with Crippen molar-refractivity contribution in [1.29, 1.82) is 0 Å². The number of rotatable bonds is 7. The van der Waals surface area contributed by atoms with E-state index in [0.29, 0.717) is 12.2 Å². The Morgan fingerprint density at radius 1 is 1.28 bits per heavy atom. The van der Waals surface area contributed by atoms with Crippen molar-refractivity contribution in [1.82, 2.24) is 4.90 Å². The number of aryl methyl sites for hydroxylation is 1.